The van der Waals surface area contributed by atoms with Crippen LogP contribution < -0.4 is 15.5 Å². The number of benzene rings is 1. The highest BCUT2D eigenvalue weighted by Crippen LogP contribution is 2.23. The normalized spacial score (nSPS) is 23.3. The van der Waals surface area contributed by atoms with Gasteiger partial charge in [-0.3, -0.25) is 9.59 Å². The molecule has 0 aliphatic carbocycles. The van der Waals surface area contributed by atoms with Crippen LogP contribution in [0.2, 0.25) is 5.02 Å². The number of carbonyl (C=O) groups is 3. The van der Waals surface area contributed by atoms with E-state index in [1.165, 1.54) is 0 Å². The van der Waals surface area contributed by atoms with Gasteiger partial charge in [0, 0.05) is 30.6 Å². The van der Waals surface area contributed by atoms with E-state index in [4.69, 9.17) is 11.6 Å². The van der Waals surface area contributed by atoms with Crippen LogP contribution in [0.5, 0.6) is 0 Å². The highest BCUT2D eigenvalue weighted by molar-refractivity contribution is 6.30. The van der Waals surface area contributed by atoms with Crippen molar-refractivity contribution in [1.82, 2.24) is 15.5 Å². The van der Waals surface area contributed by atoms with Crippen molar-refractivity contribution in [1.29, 1.82) is 0 Å². The molecular formula is C18H23ClN4O3. The molecule has 2 heterocycles. The first-order valence-corrected chi connectivity index (χ1v) is 9.22. The van der Waals surface area contributed by atoms with Crippen molar-refractivity contribution in [2.75, 3.05) is 25.0 Å². The summed E-state index contributed by atoms with van der Waals surface area (Å²) < 4.78 is 0. The molecule has 140 valence electrons. The van der Waals surface area contributed by atoms with E-state index in [0.29, 0.717) is 29.7 Å². The minimum Gasteiger partial charge on any atom is -0.341 e. The number of halogens is 1. The largest absolute Gasteiger partial charge is 0.341 e. The lowest BCUT2D eigenvalue weighted by Crippen LogP contribution is -2.47. The van der Waals surface area contributed by atoms with Gasteiger partial charge < -0.3 is 15.5 Å². The number of hydrogen-bond donors (Lipinski definition) is 2. The highest BCUT2D eigenvalue weighted by atomic mass is 35.5. The summed E-state index contributed by atoms with van der Waals surface area (Å²) in [6.07, 6.45) is 2.57. The number of rotatable bonds is 5. The fourth-order valence-corrected chi connectivity index (χ4v) is 3.55. The summed E-state index contributed by atoms with van der Waals surface area (Å²) in [6, 6.07) is 5.68. The molecule has 0 saturated carbocycles. The van der Waals surface area contributed by atoms with Crippen molar-refractivity contribution in [2.45, 2.75) is 37.8 Å². The van der Waals surface area contributed by atoms with E-state index in [1.54, 1.807) is 24.3 Å². The predicted octanol–water partition coefficient (Wildman–Crippen LogP) is 1.76. The quantitative estimate of drug-likeness (QED) is 0.765. The molecule has 2 aliphatic rings. The monoisotopic (exact) mass is 378 g/mol. The molecule has 0 bridgehead atoms. The van der Waals surface area contributed by atoms with E-state index in [2.05, 4.69) is 10.6 Å². The molecule has 3 rings (SSSR count). The van der Waals surface area contributed by atoms with E-state index >= 15 is 0 Å². The first kappa shape index (κ1) is 18.7. The molecule has 2 fully saturated rings. The van der Waals surface area contributed by atoms with Gasteiger partial charge in [-0.15, -0.1) is 0 Å². The van der Waals surface area contributed by atoms with Gasteiger partial charge in [-0.25, -0.2) is 9.69 Å². The van der Waals surface area contributed by atoms with Crippen molar-refractivity contribution in [3.05, 3.63) is 29.3 Å². The fraction of sp³-hybridized carbons (Fsp3) is 0.500. The number of imide groups is 1. The van der Waals surface area contributed by atoms with Gasteiger partial charge >= 0.3 is 6.03 Å². The Labute approximate surface area is 157 Å². The average Bonchev–Trinajstić information content (AvgIpc) is 2.94. The van der Waals surface area contributed by atoms with Crippen LogP contribution in [-0.4, -0.2) is 55.0 Å². The molecule has 0 radical (unpaired) electrons. The van der Waals surface area contributed by atoms with E-state index in [9.17, 15) is 14.4 Å². The maximum absolute atomic E-state index is 12.6. The van der Waals surface area contributed by atoms with Gasteiger partial charge in [0.25, 0.3) is 5.91 Å². The Morgan fingerprint density at radius 3 is 2.73 bits per heavy atom. The van der Waals surface area contributed by atoms with Crippen LogP contribution >= 0.6 is 11.6 Å². The zero-order chi connectivity index (χ0) is 18.7. The molecule has 2 atom stereocenters. The van der Waals surface area contributed by atoms with Gasteiger partial charge in [0.2, 0.25) is 5.91 Å². The van der Waals surface area contributed by atoms with E-state index in [0.717, 1.165) is 24.3 Å². The van der Waals surface area contributed by atoms with Crippen LogP contribution in [0, 0.1) is 0 Å². The van der Waals surface area contributed by atoms with Gasteiger partial charge in [0.1, 0.15) is 6.04 Å². The molecule has 8 heteroatoms. The maximum Gasteiger partial charge on any atom is 0.329 e. The van der Waals surface area contributed by atoms with Crippen LogP contribution in [0.15, 0.2) is 24.3 Å². The molecule has 0 aromatic heterocycles. The van der Waals surface area contributed by atoms with Gasteiger partial charge in [-0.2, -0.15) is 0 Å². The third-order valence-corrected chi connectivity index (χ3v) is 5.19. The van der Waals surface area contributed by atoms with Crippen molar-refractivity contribution in [3.63, 3.8) is 0 Å². The minimum absolute atomic E-state index is 0.0249. The molecular weight excluding hydrogens is 356 g/mol. The fourth-order valence-electron chi connectivity index (χ4n) is 3.43. The number of hydrogen-bond acceptors (Lipinski definition) is 4. The van der Waals surface area contributed by atoms with Gasteiger partial charge in [-0.1, -0.05) is 11.6 Å². The van der Waals surface area contributed by atoms with Gasteiger partial charge in [0.15, 0.2) is 0 Å². The lowest BCUT2D eigenvalue weighted by molar-refractivity contribution is -0.132. The van der Waals surface area contributed by atoms with Crippen LogP contribution in [-0.2, 0) is 9.59 Å². The Morgan fingerprint density at radius 2 is 2.04 bits per heavy atom. The van der Waals surface area contributed by atoms with Crippen LogP contribution in [0.25, 0.3) is 0 Å². The lowest BCUT2D eigenvalue weighted by atomic mass is 10.0. The Kier molecular flexibility index (Phi) is 5.78. The number of likely N-dealkylation sites (N-methyl/N-ethyl adjacent to an activating group) is 1. The SMILES string of the molecule is CNC1CCCN(C(=O)CCC2NC(=O)N(c3ccc(Cl)cc3)C2=O)C1. The molecule has 1 aromatic rings. The smallest absolute Gasteiger partial charge is 0.329 e. The summed E-state index contributed by atoms with van der Waals surface area (Å²) in [6.45, 7) is 1.44. The van der Waals surface area contributed by atoms with Crippen LogP contribution in [0.1, 0.15) is 25.7 Å². The average molecular weight is 379 g/mol. The number of nitrogens with one attached hydrogen (secondary N) is 2. The summed E-state index contributed by atoms with van der Waals surface area (Å²) in [5, 5.41) is 6.40. The topological polar surface area (TPSA) is 81.8 Å². The summed E-state index contributed by atoms with van der Waals surface area (Å²) in [7, 11) is 1.90. The second kappa shape index (κ2) is 8.05. The number of carbonyl (C=O) groups excluding carboxylic acids is 3. The summed E-state index contributed by atoms with van der Waals surface area (Å²) in [4.78, 5) is 40.1. The molecule has 26 heavy (non-hydrogen) atoms. The number of likely N-dealkylation sites (tertiary alicyclic amines) is 1. The van der Waals surface area contributed by atoms with Crippen molar-refractivity contribution in [3.8, 4) is 0 Å². The molecule has 2 unspecified atom stereocenters. The third kappa shape index (κ3) is 3.99. The van der Waals surface area contributed by atoms with E-state index in [-0.39, 0.29) is 18.2 Å². The number of amides is 4. The van der Waals surface area contributed by atoms with E-state index < -0.39 is 12.1 Å². The Hall–Kier alpha value is -2.12. The summed E-state index contributed by atoms with van der Waals surface area (Å²) in [5.74, 6) is -0.311. The molecule has 4 amide bonds. The minimum atomic E-state index is -0.674. The van der Waals surface area contributed by atoms with E-state index in [1.807, 2.05) is 11.9 Å². The standard InChI is InChI=1S/C18H23ClN4O3/c1-20-13-3-2-10-22(11-13)16(24)9-8-15-17(25)23(18(26)21-15)14-6-4-12(19)5-7-14/h4-7,13,15,20H,2-3,8-11H2,1H3,(H,21,26). The number of anilines is 1. The first-order chi connectivity index (χ1) is 12.5. The molecule has 0 spiro atoms. The Morgan fingerprint density at radius 1 is 1.31 bits per heavy atom. The van der Waals surface area contributed by atoms with Gasteiger partial charge in [-0.05, 0) is 50.6 Å². The second-order valence-corrected chi connectivity index (χ2v) is 7.09. The molecule has 2 aliphatic heterocycles. The first-order valence-electron chi connectivity index (χ1n) is 8.84. The zero-order valence-electron chi connectivity index (χ0n) is 14.7. The molecule has 2 N–H and O–H groups in total. The summed E-state index contributed by atoms with van der Waals surface area (Å²) >= 11 is 5.85. The lowest BCUT2D eigenvalue weighted by Gasteiger charge is -2.32. The summed E-state index contributed by atoms with van der Waals surface area (Å²) in [5.41, 5.74) is 0.471. The number of nitrogens with zero attached hydrogens (tertiary/aromatic N) is 2. The zero-order valence-corrected chi connectivity index (χ0v) is 15.5. The molecule has 2 saturated heterocycles. The Bertz CT molecular complexity index is 694. The Balaban J connectivity index is 1.57. The third-order valence-electron chi connectivity index (χ3n) is 4.93. The number of piperidine rings is 1. The molecule has 7 nitrogen and oxygen atoms in total. The predicted molar refractivity (Wildman–Crippen MR) is 99.2 cm³/mol. The van der Waals surface area contributed by atoms with Crippen LogP contribution in [0.3, 0.4) is 0 Å². The van der Waals surface area contributed by atoms with Crippen molar-refractivity contribution in [2.24, 2.45) is 0 Å². The molecule has 1 aromatic carbocycles. The number of urea groups is 1. The highest BCUT2D eigenvalue weighted by Gasteiger charge is 2.39. The van der Waals surface area contributed by atoms with Crippen molar-refractivity contribution < 1.29 is 14.4 Å². The van der Waals surface area contributed by atoms with Crippen LogP contribution in [0.4, 0.5) is 10.5 Å². The second-order valence-electron chi connectivity index (χ2n) is 6.66. The maximum atomic E-state index is 12.6. The van der Waals surface area contributed by atoms with Crippen molar-refractivity contribution >= 4 is 35.1 Å². The van der Waals surface area contributed by atoms with Gasteiger partial charge in [0.05, 0.1) is 5.69 Å².